The van der Waals surface area contributed by atoms with E-state index in [1.165, 1.54) is 10.4 Å². The van der Waals surface area contributed by atoms with Crippen molar-refractivity contribution in [1.29, 1.82) is 0 Å². The first-order valence-corrected chi connectivity index (χ1v) is 11.0. The maximum atomic E-state index is 13.0. The zero-order chi connectivity index (χ0) is 19.6. The number of sulfonamides is 1. The van der Waals surface area contributed by atoms with Crippen molar-refractivity contribution in [2.75, 3.05) is 52.6 Å². The number of fused-ring (bicyclic) bond motifs is 1. The molecule has 0 bridgehead atoms. The van der Waals surface area contributed by atoms with Gasteiger partial charge in [-0.15, -0.1) is 0 Å². The van der Waals surface area contributed by atoms with Gasteiger partial charge in [-0.1, -0.05) is 0 Å². The second kappa shape index (κ2) is 8.24. The Morgan fingerprint density at radius 3 is 2.36 bits per heavy atom. The molecule has 1 aromatic carbocycles. The molecule has 10 heteroatoms. The van der Waals surface area contributed by atoms with Crippen molar-refractivity contribution in [1.82, 2.24) is 14.7 Å². The van der Waals surface area contributed by atoms with Gasteiger partial charge in [-0.05, 0) is 25.0 Å². The monoisotopic (exact) mass is 411 g/mol. The van der Waals surface area contributed by atoms with Crippen molar-refractivity contribution in [2.24, 2.45) is 5.92 Å². The van der Waals surface area contributed by atoms with Gasteiger partial charge in [-0.2, -0.15) is 4.31 Å². The van der Waals surface area contributed by atoms with Gasteiger partial charge in [-0.3, -0.25) is 10.2 Å². The number of hydrogen-bond acceptors (Lipinski definition) is 7. The fraction of sp³-hybridized carbons (Fsp3) is 0.611. The SMILES string of the molecule is O=C(NN1CCOCC1)C1CCN(S(=O)(=O)c2ccc3c(c2)OCCO3)CC1. The van der Waals surface area contributed by atoms with Crippen LogP contribution in [0.5, 0.6) is 11.5 Å². The van der Waals surface area contributed by atoms with E-state index >= 15 is 0 Å². The maximum absolute atomic E-state index is 13.0. The minimum Gasteiger partial charge on any atom is -0.486 e. The molecule has 0 spiro atoms. The van der Waals surface area contributed by atoms with Gasteiger partial charge in [-0.25, -0.2) is 13.4 Å². The summed E-state index contributed by atoms with van der Waals surface area (Å²) < 4.78 is 43.6. The van der Waals surface area contributed by atoms with E-state index in [1.807, 2.05) is 5.01 Å². The summed E-state index contributed by atoms with van der Waals surface area (Å²) in [5, 5.41) is 1.87. The Kier molecular flexibility index (Phi) is 5.72. The number of hydrogen-bond donors (Lipinski definition) is 1. The number of amides is 1. The smallest absolute Gasteiger partial charge is 0.243 e. The molecule has 4 rings (SSSR count). The Labute approximate surface area is 164 Å². The van der Waals surface area contributed by atoms with Crippen molar-refractivity contribution < 1.29 is 27.4 Å². The number of morpholine rings is 1. The Hall–Kier alpha value is -1.88. The van der Waals surface area contributed by atoms with Crippen LogP contribution in [0.3, 0.4) is 0 Å². The van der Waals surface area contributed by atoms with Crippen LogP contribution in [-0.2, 0) is 19.6 Å². The van der Waals surface area contributed by atoms with Crippen molar-refractivity contribution >= 4 is 15.9 Å². The molecule has 0 saturated carbocycles. The summed E-state index contributed by atoms with van der Waals surface area (Å²) in [4.78, 5) is 12.6. The van der Waals surface area contributed by atoms with E-state index in [0.29, 0.717) is 76.9 Å². The van der Waals surface area contributed by atoms with E-state index in [-0.39, 0.29) is 16.7 Å². The Morgan fingerprint density at radius 2 is 1.64 bits per heavy atom. The zero-order valence-electron chi connectivity index (χ0n) is 15.6. The molecule has 2 saturated heterocycles. The summed E-state index contributed by atoms with van der Waals surface area (Å²) in [6.07, 6.45) is 1.000. The lowest BCUT2D eigenvalue weighted by molar-refractivity contribution is -0.133. The molecule has 0 aromatic heterocycles. The molecular weight excluding hydrogens is 386 g/mol. The van der Waals surface area contributed by atoms with Crippen molar-refractivity contribution in [3.8, 4) is 11.5 Å². The normalized spacial score (nSPS) is 22.0. The molecule has 0 unspecified atom stereocenters. The number of piperidine rings is 1. The van der Waals surface area contributed by atoms with Crippen molar-refractivity contribution in [3.05, 3.63) is 18.2 Å². The molecular formula is C18H25N3O6S. The second-order valence-corrected chi connectivity index (χ2v) is 9.00. The van der Waals surface area contributed by atoms with Crippen LogP contribution in [-0.4, -0.2) is 76.2 Å². The van der Waals surface area contributed by atoms with Crippen LogP contribution < -0.4 is 14.9 Å². The van der Waals surface area contributed by atoms with E-state index in [9.17, 15) is 13.2 Å². The number of carbonyl (C=O) groups excluding carboxylic acids is 1. The minimum absolute atomic E-state index is 0.0433. The highest BCUT2D eigenvalue weighted by Crippen LogP contribution is 2.34. The molecule has 0 radical (unpaired) electrons. The molecule has 0 aliphatic carbocycles. The Morgan fingerprint density at radius 1 is 0.964 bits per heavy atom. The van der Waals surface area contributed by atoms with Crippen molar-refractivity contribution in [3.63, 3.8) is 0 Å². The second-order valence-electron chi connectivity index (χ2n) is 7.06. The van der Waals surface area contributed by atoms with Crippen LogP contribution in [0.2, 0.25) is 0 Å². The van der Waals surface area contributed by atoms with Crippen LogP contribution in [0.1, 0.15) is 12.8 Å². The summed E-state index contributed by atoms with van der Waals surface area (Å²) >= 11 is 0. The lowest BCUT2D eigenvalue weighted by atomic mass is 9.97. The Bertz CT molecular complexity index is 817. The number of rotatable bonds is 4. The first-order valence-electron chi connectivity index (χ1n) is 9.57. The summed E-state index contributed by atoms with van der Waals surface area (Å²) in [5.74, 6) is 0.781. The summed E-state index contributed by atoms with van der Waals surface area (Å²) in [7, 11) is -3.63. The van der Waals surface area contributed by atoms with Crippen LogP contribution in [0.15, 0.2) is 23.1 Å². The summed E-state index contributed by atoms with van der Waals surface area (Å²) in [6, 6.07) is 4.69. The third-order valence-electron chi connectivity index (χ3n) is 5.26. The zero-order valence-corrected chi connectivity index (χ0v) is 16.4. The van der Waals surface area contributed by atoms with Gasteiger partial charge in [0, 0.05) is 38.2 Å². The van der Waals surface area contributed by atoms with Crippen LogP contribution in [0, 0.1) is 5.92 Å². The minimum atomic E-state index is -3.63. The highest BCUT2D eigenvalue weighted by molar-refractivity contribution is 7.89. The lowest BCUT2D eigenvalue weighted by Crippen LogP contribution is -2.51. The molecule has 2 fully saturated rings. The first-order chi connectivity index (χ1) is 13.5. The molecule has 154 valence electrons. The number of nitrogens with zero attached hydrogens (tertiary/aromatic N) is 2. The molecule has 3 aliphatic heterocycles. The third-order valence-corrected chi connectivity index (χ3v) is 7.15. The number of benzene rings is 1. The molecule has 0 atom stereocenters. The van der Waals surface area contributed by atoms with Gasteiger partial charge >= 0.3 is 0 Å². The largest absolute Gasteiger partial charge is 0.486 e. The quantitative estimate of drug-likeness (QED) is 0.757. The van der Waals surface area contributed by atoms with Gasteiger partial charge in [0.05, 0.1) is 18.1 Å². The number of hydrazine groups is 1. The van der Waals surface area contributed by atoms with Crippen LogP contribution >= 0.6 is 0 Å². The fourth-order valence-corrected chi connectivity index (χ4v) is 5.10. The van der Waals surface area contributed by atoms with Gasteiger partial charge < -0.3 is 14.2 Å². The predicted octanol–water partition coefficient (Wildman–Crippen LogP) is 0.222. The van der Waals surface area contributed by atoms with Gasteiger partial charge in [0.1, 0.15) is 13.2 Å². The third kappa shape index (κ3) is 4.09. The Balaban J connectivity index is 1.36. The fourth-order valence-electron chi connectivity index (χ4n) is 3.61. The van der Waals surface area contributed by atoms with Gasteiger partial charge in [0.25, 0.3) is 0 Å². The molecule has 1 aromatic rings. The number of carbonyl (C=O) groups is 1. The number of ether oxygens (including phenoxy) is 3. The van der Waals surface area contributed by atoms with E-state index in [1.54, 1.807) is 12.1 Å². The average molecular weight is 411 g/mol. The standard InChI is InChI=1S/C18H25N3O6S/c22-18(19-20-7-9-25-10-8-20)14-3-5-21(6-4-14)28(23,24)15-1-2-16-17(13-15)27-12-11-26-16/h1-2,13-14H,3-12H2,(H,19,22). The van der Waals surface area contributed by atoms with E-state index in [4.69, 9.17) is 14.2 Å². The van der Waals surface area contributed by atoms with Crippen LogP contribution in [0.4, 0.5) is 0 Å². The predicted molar refractivity (Wildman–Crippen MR) is 99.4 cm³/mol. The van der Waals surface area contributed by atoms with Crippen molar-refractivity contribution in [2.45, 2.75) is 17.7 Å². The molecule has 1 N–H and O–H groups in total. The van der Waals surface area contributed by atoms with Gasteiger partial charge in [0.2, 0.25) is 15.9 Å². The topological polar surface area (TPSA) is 97.4 Å². The van der Waals surface area contributed by atoms with E-state index in [0.717, 1.165) is 0 Å². The number of nitrogens with one attached hydrogen (secondary N) is 1. The molecule has 28 heavy (non-hydrogen) atoms. The molecule has 3 aliphatic rings. The lowest BCUT2D eigenvalue weighted by Gasteiger charge is -2.33. The summed E-state index contributed by atoms with van der Waals surface area (Å²) in [6.45, 7) is 4.04. The molecule has 9 nitrogen and oxygen atoms in total. The van der Waals surface area contributed by atoms with Crippen LogP contribution in [0.25, 0.3) is 0 Å². The highest BCUT2D eigenvalue weighted by atomic mass is 32.2. The average Bonchev–Trinajstić information content (AvgIpc) is 2.74. The summed E-state index contributed by atoms with van der Waals surface area (Å²) in [5.41, 5.74) is 2.92. The van der Waals surface area contributed by atoms with E-state index in [2.05, 4.69) is 5.43 Å². The highest BCUT2D eigenvalue weighted by Gasteiger charge is 2.33. The molecule has 3 heterocycles. The molecule has 1 amide bonds. The van der Waals surface area contributed by atoms with E-state index < -0.39 is 10.0 Å². The first kappa shape index (κ1) is 19.4. The van der Waals surface area contributed by atoms with Gasteiger partial charge in [0.15, 0.2) is 11.5 Å². The maximum Gasteiger partial charge on any atom is 0.243 e.